The van der Waals surface area contributed by atoms with Crippen LogP contribution >= 0.6 is 0 Å². The molecule has 2 N–H and O–H groups in total. The normalized spacial score (nSPS) is 18.6. The molecule has 1 aromatic heterocycles. The van der Waals surface area contributed by atoms with E-state index in [-0.39, 0.29) is 5.91 Å². The summed E-state index contributed by atoms with van der Waals surface area (Å²) >= 11 is 0. The zero-order valence-corrected chi connectivity index (χ0v) is 13.3. The predicted molar refractivity (Wildman–Crippen MR) is 83.0 cm³/mol. The van der Waals surface area contributed by atoms with Gasteiger partial charge in [0.1, 0.15) is 0 Å². The van der Waals surface area contributed by atoms with E-state index < -0.39 is 0 Å². The first-order chi connectivity index (χ1) is 10.1. The lowest BCUT2D eigenvalue weighted by Crippen LogP contribution is -2.46. The number of hydrogen-bond donors (Lipinski definition) is 2. The van der Waals surface area contributed by atoms with Gasteiger partial charge in [-0.15, -0.1) is 0 Å². The Balaban J connectivity index is 1.76. The van der Waals surface area contributed by atoms with Gasteiger partial charge in [-0.25, -0.2) is 0 Å². The molecule has 2 rings (SSSR count). The van der Waals surface area contributed by atoms with E-state index in [1.807, 2.05) is 10.9 Å². The van der Waals surface area contributed by atoms with Crippen LogP contribution in [0.25, 0.3) is 0 Å². The molecule has 1 unspecified atom stereocenters. The number of aryl methyl sites for hydroxylation is 1. The Hall–Kier alpha value is -1.40. The van der Waals surface area contributed by atoms with Crippen molar-refractivity contribution in [2.45, 2.75) is 45.3 Å². The van der Waals surface area contributed by atoms with Crippen LogP contribution in [0.4, 0.5) is 0 Å². The number of nitrogens with one attached hydrogen (secondary N) is 2. The van der Waals surface area contributed by atoms with Gasteiger partial charge in [-0.1, -0.05) is 0 Å². The minimum atomic E-state index is 0.0988. The summed E-state index contributed by atoms with van der Waals surface area (Å²) in [7, 11) is 1.69. The predicted octanol–water partition coefficient (Wildman–Crippen LogP) is 0.764. The quantitative estimate of drug-likeness (QED) is 0.813. The van der Waals surface area contributed by atoms with Crippen LogP contribution in [0.2, 0.25) is 0 Å². The average Bonchev–Trinajstić information content (AvgIpc) is 2.98. The molecule has 0 aromatic carbocycles. The van der Waals surface area contributed by atoms with Gasteiger partial charge in [0.15, 0.2) is 0 Å². The maximum atomic E-state index is 11.4. The second kappa shape index (κ2) is 7.56. The van der Waals surface area contributed by atoms with Crippen molar-refractivity contribution in [1.82, 2.24) is 25.3 Å². The molecule has 1 atom stereocenters. The highest BCUT2D eigenvalue weighted by Gasteiger charge is 2.22. The third-order valence-corrected chi connectivity index (χ3v) is 4.20. The van der Waals surface area contributed by atoms with Crippen molar-refractivity contribution in [3.05, 3.63) is 18.0 Å². The van der Waals surface area contributed by atoms with Gasteiger partial charge in [0.05, 0.1) is 12.7 Å². The van der Waals surface area contributed by atoms with E-state index in [0.29, 0.717) is 18.6 Å². The van der Waals surface area contributed by atoms with Gasteiger partial charge in [-0.05, 0) is 26.7 Å². The number of likely N-dealkylation sites (tertiary alicyclic amines) is 1. The standard InChI is InChI=1S/C15H27N5O/c1-4-20-10-13(9-17-20)12(2)18-14-5-7-19(8-6-14)11-15(21)16-3/h9-10,12,14,18H,4-8,11H2,1-3H3,(H,16,21). The fourth-order valence-electron chi connectivity index (χ4n) is 2.77. The van der Waals surface area contributed by atoms with Gasteiger partial charge >= 0.3 is 0 Å². The Morgan fingerprint density at radius 2 is 2.19 bits per heavy atom. The monoisotopic (exact) mass is 293 g/mol. The van der Waals surface area contributed by atoms with E-state index in [1.165, 1.54) is 5.56 Å². The Morgan fingerprint density at radius 1 is 1.48 bits per heavy atom. The molecule has 1 aliphatic heterocycles. The lowest BCUT2D eigenvalue weighted by Gasteiger charge is -2.33. The average molecular weight is 293 g/mol. The molecule has 1 amide bonds. The van der Waals surface area contributed by atoms with Gasteiger partial charge in [0.2, 0.25) is 5.91 Å². The van der Waals surface area contributed by atoms with Gasteiger partial charge in [0.25, 0.3) is 0 Å². The largest absolute Gasteiger partial charge is 0.358 e. The molecule has 1 saturated heterocycles. The summed E-state index contributed by atoms with van der Waals surface area (Å²) in [5.74, 6) is 0.0988. The zero-order chi connectivity index (χ0) is 15.2. The van der Waals surface area contributed by atoms with Crippen LogP contribution in [0.5, 0.6) is 0 Å². The molecule has 0 spiro atoms. The number of amides is 1. The number of nitrogens with zero attached hydrogens (tertiary/aromatic N) is 3. The van der Waals surface area contributed by atoms with Gasteiger partial charge < -0.3 is 10.6 Å². The van der Waals surface area contributed by atoms with Crippen molar-refractivity contribution in [1.29, 1.82) is 0 Å². The van der Waals surface area contributed by atoms with Crippen LogP contribution in [0.1, 0.15) is 38.3 Å². The molecule has 0 aliphatic carbocycles. The van der Waals surface area contributed by atoms with Gasteiger partial charge in [-0.3, -0.25) is 14.4 Å². The third kappa shape index (κ3) is 4.54. The highest BCUT2D eigenvalue weighted by Crippen LogP contribution is 2.17. The van der Waals surface area contributed by atoms with Crippen LogP contribution < -0.4 is 10.6 Å². The maximum Gasteiger partial charge on any atom is 0.233 e. The molecule has 0 bridgehead atoms. The van der Waals surface area contributed by atoms with Crippen LogP contribution in [-0.2, 0) is 11.3 Å². The van der Waals surface area contributed by atoms with E-state index in [2.05, 4.69) is 40.7 Å². The summed E-state index contributed by atoms with van der Waals surface area (Å²) in [5.41, 5.74) is 1.24. The lowest BCUT2D eigenvalue weighted by atomic mass is 10.0. The molecule has 2 heterocycles. The van der Waals surface area contributed by atoms with Gasteiger partial charge in [0, 0.05) is 50.5 Å². The molecule has 6 heteroatoms. The fraction of sp³-hybridized carbons (Fsp3) is 0.733. The smallest absolute Gasteiger partial charge is 0.233 e. The van der Waals surface area contributed by atoms with Crippen molar-refractivity contribution >= 4 is 5.91 Å². The minimum absolute atomic E-state index is 0.0988. The number of carbonyl (C=O) groups is 1. The summed E-state index contributed by atoms with van der Waals surface area (Å²) in [6.45, 7) is 7.66. The molecule has 21 heavy (non-hydrogen) atoms. The van der Waals surface area contributed by atoms with E-state index in [9.17, 15) is 4.79 Å². The van der Waals surface area contributed by atoms with Crippen LogP contribution in [0.15, 0.2) is 12.4 Å². The molecule has 0 saturated carbocycles. The number of aromatic nitrogens is 2. The lowest BCUT2D eigenvalue weighted by molar-refractivity contribution is -0.122. The highest BCUT2D eigenvalue weighted by atomic mass is 16.1. The molecule has 6 nitrogen and oxygen atoms in total. The molecular formula is C15H27N5O. The Labute approximate surface area is 126 Å². The van der Waals surface area contributed by atoms with Crippen LogP contribution in [0, 0.1) is 0 Å². The van der Waals surface area contributed by atoms with E-state index >= 15 is 0 Å². The molecule has 118 valence electrons. The maximum absolute atomic E-state index is 11.4. The SMILES string of the molecule is CCn1cc(C(C)NC2CCN(CC(=O)NC)CC2)cn1. The molecule has 1 aromatic rings. The van der Waals surface area contributed by atoms with Gasteiger partial charge in [-0.2, -0.15) is 5.10 Å². The number of piperidine rings is 1. The van der Waals surface area contributed by atoms with Crippen molar-refractivity contribution in [3.8, 4) is 0 Å². The molecule has 1 fully saturated rings. The summed E-state index contributed by atoms with van der Waals surface area (Å²) in [4.78, 5) is 13.6. The van der Waals surface area contributed by atoms with E-state index in [0.717, 1.165) is 32.5 Å². The van der Waals surface area contributed by atoms with Crippen molar-refractivity contribution in [3.63, 3.8) is 0 Å². The summed E-state index contributed by atoms with van der Waals surface area (Å²) in [5, 5.41) is 10.7. The number of hydrogen-bond acceptors (Lipinski definition) is 4. The number of carbonyl (C=O) groups excluding carboxylic acids is 1. The highest BCUT2D eigenvalue weighted by molar-refractivity contribution is 5.77. The first-order valence-electron chi connectivity index (χ1n) is 7.83. The molecule has 0 radical (unpaired) electrons. The number of likely N-dealkylation sites (N-methyl/N-ethyl adjacent to an activating group) is 1. The van der Waals surface area contributed by atoms with Crippen LogP contribution in [-0.4, -0.2) is 53.3 Å². The first kappa shape index (κ1) is 16.0. The number of rotatable bonds is 6. The summed E-state index contributed by atoms with van der Waals surface area (Å²) in [6, 6.07) is 0.840. The summed E-state index contributed by atoms with van der Waals surface area (Å²) in [6.07, 6.45) is 6.23. The van der Waals surface area contributed by atoms with E-state index in [1.54, 1.807) is 7.05 Å². The second-order valence-electron chi connectivity index (χ2n) is 5.74. The Kier molecular flexibility index (Phi) is 5.76. The molecule has 1 aliphatic rings. The van der Waals surface area contributed by atoms with Crippen molar-refractivity contribution < 1.29 is 4.79 Å². The zero-order valence-electron chi connectivity index (χ0n) is 13.3. The first-order valence-corrected chi connectivity index (χ1v) is 7.83. The summed E-state index contributed by atoms with van der Waals surface area (Å²) < 4.78 is 1.96. The molecular weight excluding hydrogens is 266 g/mol. The Morgan fingerprint density at radius 3 is 2.76 bits per heavy atom. The van der Waals surface area contributed by atoms with E-state index in [4.69, 9.17) is 0 Å². The van der Waals surface area contributed by atoms with Crippen molar-refractivity contribution in [2.75, 3.05) is 26.7 Å². The fourth-order valence-corrected chi connectivity index (χ4v) is 2.77. The second-order valence-corrected chi connectivity index (χ2v) is 5.74. The minimum Gasteiger partial charge on any atom is -0.358 e. The topological polar surface area (TPSA) is 62.2 Å². The van der Waals surface area contributed by atoms with Crippen molar-refractivity contribution in [2.24, 2.45) is 0 Å². The third-order valence-electron chi connectivity index (χ3n) is 4.20. The Bertz CT molecular complexity index is 451. The van der Waals surface area contributed by atoms with Crippen LogP contribution in [0.3, 0.4) is 0 Å².